The number of hydrogen-bond acceptors (Lipinski definition) is 2. The van der Waals surface area contributed by atoms with Crippen molar-refractivity contribution in [2.45, 2.75) is 12.5 Å². The highest BCUT2D eigenvalue weighted by molar-refractivity contribution is 9.10. The predicted molar refractivity (Wildman–Crippen MR) is 75.7 cm³/mol. The number of aliphatic hydroxyl groups excluding tert-OH is 1. The Bertz CT molecular complexity index is 617. The molecular formula is C15H13BrF2O2. The molecule has 0 aromatic heterocycles. The van der Waals surface area contributed by atoms with Crippen LogP contribution in [0.5, 0.6) is 5.75 Å². The van der Waals surface area contributed by atoms with Gasteiger partial charge in [0.2, 0.25) is 0 Å². The van der Waals surface area contributed by atoms with E-state index in [0.717, 1.165) is 0 Å². The van der Waals surface area contributed by atoms with Gasteiger partial charge in [-0.15, -0.1) is 0 Å². The molecule has 2 aromatic carbocycles. The smallest absolute Gasteiger partial charge is 0.165 e. The van der Waals surface area contributed by atoms with E-state index in [-0.39, 0.29) is 12.2 Å². The van der Waals surface area contributed by atoms with Crippen LogP contribution in [0.25, 0.3) is 0 Å². The minimum Gasteiger partial charge on any atom is -0.494 e. The molecule has 0 aliphatic heterocycles. The quantitative estimate of drug-likeness (QED) is 0.909. The van der Waals surface area contributed by atoms with E-state index in [1.807, 2.05) is 0 Å². The average Bonchev–Trinajstić information content (AvgIpc) is 2.42. The Morgan fingerprint density at radius 3 is 2.50 bits per heavy atom. The van der Waals surface area contributed by atoms with Crippen LogP contribution in [0.3, 0.4) is 0 Å². The number of ether oxygens (including phenoxy) is 1. The molecule has 0 aliphatic carbocycles. The number of hydrogen-bond donors (Lipinski definition) is 1. The van der Waals surface area contributed by atoms with Crippen LogP contribution in [-0.4, -0.2) is 12.2 Å². The zero-order chi connectivity index (χ0) is 14.7. The van der Waals surface area contributed by atoms with Crippen molar-refractivity contribution in [3.8, 4) is 5.75 Å². The molecule has 5 heteroatoms. The molecule has 0 heterocycles. The van der Waals surface area contributed by atoms with Gasteiger partial charge in [0.25, 0.3) is 0 Å². The Morgan fingerprint density at radius 2 is 1.90 bits per heavy atom. The van der Waals surface area contributed by atoms with Gasteiger partial charge in [0.05, 0.1) is 17.7 Å². The molecule has 2 rings (SSSR count). The summed E-state index contributed by atoms with van der Waals surface area (Å²) in [7, 11) is 1.39. The molecule has 0 spiro atoms. The van der Waals surface area contributed by atoms with Crippen LogP contribution in [-0.2, 0) is 6.42 Å². The first-order valence-corrected chi connectivity index (χ1v) is 6.76. The Kier molecular flexibility index (Phi) is 4.73. The van der Waals surface area contributed by atoms with E-state index in [2.05, 4.69) is 15.9 Å². The summed E-state index contributed by atoms with van der Waals surface area (Å²) in [5.41, 5.74) is 1.06. The Hall–Kier alpha value is -1.46. The van der Waals surface area contributed by atoms with Gasteiger partial charge in [-0.1, -0.05) is 12.1 Å². The van der Waals surface area contributed by atoms with E-state index in [0.29, 0.717) is 15.6 Å². The third-order valence-electron chi connectivity index (χ3n) is 2.97. The summed E-state index contributed by atoms with van der Waals surface area (Å²) in [6, 6.07) is 8.88. The van der Waals surface area contributed by atoms with Gasteiger partial charge in [-0.25, -0.2) is 8.78 Å². The summed E-state index contributed by atoms with van der Waals surface area (Å²) < 4.78 is 32.1. The second-order valence-corrected chi connectivity index (χ2v) is 5.22. The van der Waals surface area contributed by atoms with Crippen molar-refractivity contribution < 1.29 is 18.6 Å². The van der Waals surface area contributed by atoms with Crippen LogP contribution in [0.15, 0.2) is 40.9 Å². The van der Waals surface area contributed by atoms with Gasteiger partial charge in [0, 0.05) is 6.42 Å². The fourth-order valence-corrected chi connectivity index (χ4v) is 2.14. The third-order valence-corrected chi connectivity index (χ3v) is 3.62. The molecular weight excluding hydrogens is 330 g/mol. The molecule has 0 amide bonds. The topological polar surface area (TPSA) is 29.5 Å². The normalized spacial score (nSPS) is 12.2. The molecule has 2 nitrogen and oxygen atoms in total. The van der Waals surface area contributed by atoms with Gasteiger partial charge in [-0.05, 0) is 51.3 Å². The van der Waals surface area contributed by atoms with Crippen molar-refractivity contribution in [3.05, 3.63) is 63.6 Å². The molecule has 106 valence electrons. The van der Waals surface area contributed by atoms with Crippen LogP contribution >= 0.6 is 15.9 Å². The minimum atomic E-state index is -0.898. The van der Waals surface area contributed by atoms with Crippen molar-refractivity contribution in [2.24, 2.45) is 0 Å². The van der Waals surface area contributed by atoms with Crippen LogP contribution in [0.2, 0.25) is 0 Å². The maximum absolute atomic E-state index is 13.5. The molecule has 1 N–H and O–H groups in total. The summed E-state index contributed by atoms with van der Waals surface area (Å²) in [6.07, 6.45) is -0.701. The van der Waals surface area contributed by atoms with Gasteiger partial charge in [-0.2, -0.15) is 0 Å². The lowest BCUT2D eigenvalue weighted by Gasteiger charge is -2.12. The molecule has 0 fully saturated rings. The Morgan fingerprint density at radius 1 is 1.15 bits per heavy atom. The SMILES string of the molecule is COc1ccc(CC(O)c2ccc(Br)c(F)c2)cc1F. The summed E-state index contributed by atoms with van der Waals surface area (Å²) in [5, 5.41) is 10.1. The van der Waals surface area contributed by atoms with E-state index in [9.17, 15) is 13.9 Å². The number of rotatable bonds is 4. The highest BCUT2D eigenvalue weighted by Crippen LogP contribution is 2.25. The van der Waals surface area contributed by atoms with Crippen LogP contribution in [0.1, 0.15) is 17.2 Å². The predicted octanol–water partition coefficient (Wildman–Crippen LogP) is 4.01. The Balaban J connectivity index is 2.16. The lowest BCUT2D eigenvalue weighted by molar-refractivity contribution is 0.178. The molecule has 0 saturated carbocycles. The number of benzene rings is 2. The first-order valence-electron chi connectivity index (χ1n) is 5.96. The number of methoxy groups -OCH3 is 1. The van der Waals surface area contributed by atoms with Gasteiger partial charge in [-0.3, -0.25) is 0 Å². The van der Waals surface area contributed by atoms with Gasteiger partial charge >= 0.3 is 0 Å². The van der Waals surface area contributed by atoms with Crippen molar-refractivity contribution >= 4 is 15.9 Å². The molecule has 20 heavy (non-hydrogen) atoms. The zero-order valence-corrected chi connectivity index (χ0v) is 12.3. The first-order chi connectivity index (χ1) is 9.51. The van der Waals surface area contributed by atoms with Crippen molar-refractivity contribution in [3.63, 3.8) is 0 Å². The molecule has 0 bridgehead atoms. The monoisotopic (exact) mass is 342 g/mol. The van der Waals surface area contributed by atoms with Crippen LogP contribution < -0.4 is 4.74 Å². The number of aliphatic hydroxyl groups is 1. The van der Waals surface area contributed by atoms with Gasteiger partial charge < -0.3 is 9.84 Å². The lowest BCUT2D eigenvalue weighted by Crippen LogP contribution is -2.03. The van der Waals surface area contributed by atoms with Crippen molar-refractivity contribution in [1.29, 1.82) is 0 Å². The average molecular weight is 343 g/mol. The molecule has 2 aromatic rings. The van der Waals surface area contributed by atoms with Gasteiger partial charge in [0.15, 0.2) is 11.6 Å². The van der Waals surface area contributed by atoms with Gasteiger partial charge in [0.1, 0.15) is 5.82 Å². The number of halogens is 3. The first kappa shape index (κ1) is 14.9. The van der Waals surface area contributed by atoms with E-state index >= 15 is 0 Å². The van der Waals surface area contributed by atoms with E-state index in [1.165, 1.54) is 31.4 Å². The molecule has 1 unspecified atom stereocenters. The fraction of sp³-hybridized carbons (Fsp3) is 0.200. The molecule has 0 aliphatic rings. The second-order valence-electron chi connectivity index (χ2n) is 4.36. The van der Waals surface area contributed by atoms with Crippen LogP contribution in [0.4, 0.5) is 8.78 Å². The standard InChI is InChI=1S/C15H13BrF2O2/c1-20-15-5-2-9(6-13(15)18)7-14(19)10-3-4-11(16)12(17)8-10/h2-6,8,14,19H,7H2,1H3. The summed E-state index contributed by atoms with van der Waals surface area (Å²) in [5.74, 6) is -0.778. The fourth-order valence-electron chi connectivity index (χ4n) is 1.90. The van der Waals surface area contributed by atoms with E-state index in [1.54, 1.807) is 12.1 Å². The molecule has 0 saturated heterocycles. The second kappa shape index (κ2) is 6.33. The van der Waals surface area contributed by atoms with Crippen LogP contribution in [0, 0.1) is 11.6 Å². The maximum atomic E-state index is 13.5. The Labute approximate surface area is 124 Å². The minimum absolute atomic E-state index is 0.151. The summed E-state index contributed by atoms with van der Waals surface area (Å²) in [4.78, 5) is 0. The molecule has 1 atom stereocenters. The highest BCUT2D eigenvalue weighted by Gasteiger charge is 2.12. The van der Waals surface area contributed by atoms with Crippen molar-refractivity contribution in [1.82, 2.24) is 0 Å². The van der Waals surface area contributed by atoms with Crippen molar-refractivity contribution in [2.75, 3.05) is 7.11 Å². The largest absolute Gasteiger partial charge is 0.494 e. The zero-order valence-electron chi connectivity index (χ0n) is 10.7. The third kappa shape index (κ3) is 3.35. The molecule has 0 radical (unpaired) electrons. The highest BCUT2D eigenvalue weighted by atomic mass is 79.9. The maximum Gasteiger partial charge on any atom is 0.165 e. The lowest BCUT2D eigenvalue weighted by atomic mass is 10.0. The van der Waals surface area contributed by atoms with E-state index < -0.39 is 17.7 Å². The summed E-state index contributed by atoms with van der Waals surface area (Å²) in [6.45, 7) is 0. The van der Waals surface area contributed by atoms with E-state index in [4.69, 9.17) is 4.74 Å². The summed E-state index contributed by atoms with van der Waals surface area (Å²) >= 11 is 3.05.